The minimum Gasteiger partial charge on any atom is -0.503 e. The molecule has 0 fully saturated rings. The number of aryl methyl sites for hydroxylation is 1. The zero-order chi connectivity index (χ0) is 16.0. The van der Waals surface area contributed by atoms with Crippen molar-refractivity contribution >= 4 is 5.97 Å². The van der Waals surface area contributed by atoms with Gasteiger partial charge in [0.2, 0.25) is 5.43 Å². The van der Waals surface area contributed by atoms with E-state index >= 15 is 0 Å². The maximum atomic E-state index is 11.8. The Kier molecular flexibility index (Phi) is 6.42. The molecule has 0 unspecified atom stereocenters. The quantitative estimate of drug-likeness (QED) is 0.761. The molecule has 0 amide bonds. The third-order valence-electron chi connectivity index (χ3n) is 3.54. The van der Waals surface area contributed by atoms with Crippen molar-refractivity contribution in [1.82, 2.24) is 9.47 Å². The molecule has 0 spiro atoms. The summed E-state index contributed by atoms with van der Waals surface area (Å²) in [4.78, 5) is 24.8. The molecule has 0 saturated heterocycles. The number of aliphatic carboxylic acids is 1. The molecular weight excluding hydrogens is 272 g/mol. The van der Waals surface area contributed by atoms with Gasteiger partial charge in [0.05, 0.1) is 5.69 Å². The van der Waals surface area contributed by atoms with Gasteiger partial charge in [-0.3, -0.25) is 14.5 Å². The summed E-state index contributed by atoms with van der Waals surface area (Å²) in [5, 5.41) is 19.0. The van der Waals surface area contributed by atoms with Crippen LogP contribution in [0.3, 0.4) is 0 Å². The van der Waals surface area contributed by atoms with Gasteiger partial charge in [0.1, 0.15) is 6.54 Å². The van der Waals surface area contributed by atoms with Crippen LogP contribution in [0.4, 0.5) is 0 Å². The number of carboxylic acid groups (broad SMARTS) is 1. The van der Waals surface area contributed by atoms with Gasteiger partial charge < -0.3 is 14.8 Å². The third-order valence-corrected chi connectivity index (χ3v) is 3.54. The number of nitrogens with zero attached hydrogens (tertiary/aromatic N) is 2. The van der Waals surface area contributed by atoms with Crippen LogP contribution in [-0.2, 0) is 17.9 Å². The molecular formula is C15H24N2O4. The third kappa shape index (κ3) is 4.60. The molecule has 0 aromatic carbocycles. The Morgan fingerprint density at radius 1 is 1.38 bits per heavy atom. The van der Waals surface area contributed by atoms with Crippen LogP contribution in [-0.4, -0.2) is 38.7 Å². The Morgan fingerprint density at radius 3 is 2.57 bits per heavy atom. The Balaban J connectivity index is 3.18. The van der Waals surface area contributed by atoms with Gasteiger partial charge in [0.15, 0.2) is 5.75 Å². The molecule has 1 aromatic heterocycles. The fourth-order valence-corrected chi connectivity index (χ4v) is 2.28. The Hall–Kier alpha value is -1.82. The molecule has 0 saturated carbocycles. The van der Waals surface area contributed by atoms with Crippen molar-refractivity contribution in [1.29, 1.82) is 0 Å². The lowest BCUT2D eigenvalue weighted by Crippen LogP contribution is -2.29. The van der Waals surface area contributed by atoms with Crippen molar-refractivity contribution in [2.24, 2.45) is 0 Å². The minimum absolute atomic E-state index is 0.264. The topological polar surface area (TPSA) is 82.8 Å². The lowest BCUT2D eigenvalue weighted by molar-refractivity contribution is -0.137. The van der Waals surface area contributed by atoms with Gasteiger partial charge in [0, 0.05) is 18.3 Å². The van der Waals surface area contributed by atoms with E-state index in [1.54, 1.807) is 6.92 Å². The molecule has 0 bridgehead atoms. The normalized spacial score (nSPS) is 11.0. The van der Waals surface area contributed by atoms with Crippen LogP contribution in [0.15, 0.2) is 10.9 Å². The van der Waals surface area contributed by atoms with Gasteiger partial charge in [-0.15, -0.1) is 0 Å². The van der Waals surface area contributed by atoms with Crippen molar-refractivity contribution in [3.63, 3.8) is 0 Å². The van der Waals surface area contributed by atoms with E-state index in [0.29, 0.717) is 17.9 Å². The van der Waals surface area contributed by atoms with E-state index in [1.807, 2.05) is 6.92 Å². The van der Waals surface area contributed by atoms with Gasteiger partial charge in [-0.25, -0.2) is 0 Å². The number of aromatic nitrogens is 1. The van der Waals surface area contributed by atoms with Crippen molar-refractivity contribution < 1.29 is 15.0 Å². The van der Waals surface area contributed by atoms with E-state index < -0.39 is 11.4 Å². The van der Waals surface area contributed by atoms with Gasteiger partial charge in [-0.2, -0.15) is 0 Å². The first-order valence-electron chi connectivity index (χ1n) is 7.27. The Morgan fingerprint density at radius 2 is 2.05 bits per heavy atom. The summed E-state index contributed by atoms with van der Waals surface area (Å²) in [6.07, 6.45) is 2.07. The Bertz CT molecular complexity index is 551. The first kappa shape index (κ1) is 17.2. The van der Waals surface area contributed by atoms with Crippen molar-refractivity contribution in [3.8, 4) is 5.75 Å². The first-order valence-corrected chi connectivity index (χ1v) is 7.27. The van der Waals surface area contributed by atoms with Gasteiger partial charge in [-0.05, 0) is 26.4 Å². The van der Waals surface area contributed by atoms with Crippen molar-refractivity contribution in [3.05, 3.63) is 27.7 Å². The number of rotatable bonds is 8. The van der Waals surface area contributed by atoms with E-state index in [2.05, 4.69) is 11.8 Å². The fourth-order valence-electron chi connectivity index (χ4n) is 2.28. The molecule has 1 rings (SSSR count). The predicted molar refractivity (Wildman–Crippen MR) is 80.6 cm³/mol. The van der Waals surface area contributed by atoms with Crippen LogP contribution in [0.2, 0.25) is 0 Å². The van der Waals surface area contributed by atoms with Gasteiger partial charge >= 0.3 is 5.97 Å². The number of pyridine rings is 1. The van der Waals surface area contributed by atoms with Crippen molar-refractivity contribution in [2.45, 2.75) is 46.7 Å². The summed E-state index contributed by atoms with van der Waals surface area (Å²) in [5.74, 6) is -1.35. The number of carbonyl (C=O) groups is 1. The highest BCUT2D eigenvalue weighted by Crippen LogP contribution is 2.17. The largest absolute Gasteiger partial charge is 0.503 e. The molecule has 21 heavy (non-hydrogen) atoms. The fraction of sp³-hybridized carbons (Fsp3) is 0.600. The van der Waals surface area contributed by atoms with E-state index in [0.717, 1.165) is 25.9 Å². The molecule has 0 atom stereocenters. The van der Waals surface area contributed by atoms with Crippen LogP contribution in [0.5, 0.6) is 5.75 Å². The lowest BCUT2D eigenvalue weighted by atomic mass is 10.2. The van der Waals surface area contributed by atoms with Gasteiger partial charge in [0.25, 0.3) is 0 Å². The van der Waals surface area contributed by atoms with Crippen molar-refractivity contribution in [2.75, 3.05) is 13.1 Å². The average molecular weight is 296 g/mol. The standard InChI is InChI=1S/C15H24N2O4/c1-4-6-7-16(5-2)9-12-15(21)13(18)8-11(3)17(12)10-14(19)20/h8,21H,4-7,9-10H2,1-3H3,(H,19,20). The summed E-state index contributed by atoms with van der Waals surface area (Å²) < 4.78 is 1.49. The van der Waals surface area contributed by atoms with E-state index in [1.165, 1.54) is 10.6 Å². The van der Waals surface area contributed by atoms with E-state index in [-0.39, 0.29) is 12.3 Å². The van der Waals surface area contributed by atoms with Gasteiger partial charge in [-0.1, -0.05) is 20.3 Å². The molecule has 0 aliphatic carbocycles. The van der Waals surface area contributed by atoms with Crippen LogP contribution < -0.4 is 5.43 Å². The van der Waals surface area contributed by atoms with E-state index in [4.69, 9.17) is 5.11 Å². The van der Waals surface area contributed by atoms with Crippen LogP contribution in [0.25, 0.3) is 0 Å². The number of aromatic hydroxyl groups is 1. The first-order chi connectivity index (χ1) is 9.90. The molecule has 2 N–H and O–H groups in total. The number of unbranched alkanes of at least 4 members (excludes halogenated alkanes) is 1. The molecule has 6 nitrogen and oxygen atoms in total. The lowest BCUT2D eigenvalue weighted by Gasteiger charge is -2.24. The summed E-state index contributed by atoms with van der Waals surface area (Å²) in [5.41, 5.74) is 0.456. The number of hydrogen-bond donors (Lipinski definition) is 2. The molecule has 0 aliphatic heterocycles. The minimum atomic E-state index is -1.00. The second kappa shape index (κ2) is 7.83. The zero-order valence-electron chi connectivity index (χ0n) is 12.9. The number of carboxylic acids is 1. The molecule has 1 aromatic rings. The van der Waals surface area contributed by atoms with Crippen LogP contribution >= 0.6 is 0 Å². The number of hydrogen-bond acceptors (Lipinski definition) is 4. The molecule has 6 heteroatoms. The molecule has 0 aliphatic rings. The van der Waals surface area contributed by atoms with Crippen LogP contribution in [0.1, 0.15) is 38.1 Å². The maximum Gasteiger partial charge on any atom is 0.323 e. The summed E-state index contributed by atoms with van der Waals surface area (Å²) in [6.45, 7) is 7.50. The second-order valence-electron chi connectivity index (χ2n) is 5.15. The van der Waals surface area contributed by atoms with Crippen LogP contribution in [0, 0.1) is 6.92 Å². The average Bonchev–Trinajstić information content (AvgIpc) is 2.43. The smallest absolute Gasteiger partial charge is 0.323 e. The predicted octanol–water partition coefficient (Wildman–Crippen LogP) is 1.57. The molecule has 118 valence electrons. The maximum absolute atomic E-state index is 11.8. The highest BCUT2D eigenvalue weighted by atomic mass is 16.4. The molecule has 1 heterocycles. The second-order valence-corrected chi connectivity index (χ2v) is 5.15. The summed E-state index contributed by atoms with van der Waals surface area (Å²) >= 11 is 0. The Labute approximate surface area is 124 Å². The SMILES string of the molecule is CCCCN(CC)Cc1c(O)c(=O)cc(C)n1CC(=O)O. The highest BCUT2D eigenvalue weighted by Gasteiger charge is 2.17. The monoisotopic (exact) mass is 296 g/mol. The van der Waals surface area contributed by atoms with E-state index in [9.17, 15) is 14.7 Å². The summed E-state index contributed by atoms with van der Waals surface area (Å²) in [7, 11) is 0. The summed E-state index contributed by atoms with van der Waals surface area (Å²) in [6, 6.07) is 1.27. The molecule has 0 radical (unpaired) electrons. The highest BCUT2D eigenvalue weighted by molar-refractivity contribution is 5.67. The zero-order valence-corrected chi connectivity index (χ0v) is 12.9.